The fourth-order valence-electron chi connectivity index (χ4n) is 8.81. The second-order valence-electron chi connectivity index (χ2n) is 15.1. The maximum Gasteiger partial charge on any atom is 0.135 e. The maximum atomic E-state index is 6.97. The van der Waals surface area contributed by atoms with Gasteiger partial charge in [0.15, 0.2) is 0 Å². The molecule has 0 radical (unpaired) electrons. The van der Waals surface area contributed by atoms with Crippen molar-refractivity contribution in [3.05, 3.63) is 219 Å². The van der Waals surface area contributed by atoms with E-state index in [9.17, 15) is 0 Å². The second-order valence-corrected chi connectivity index (χ2v) is 15.1. The number of anilines is 2. The first-order chi connectivity index (χ1) is 30.2. The molecule has 1 aliphatic rings. The molecule has 0 fully saturated rings. The largest absolute Gasteiger partial charge is 0.509 e. The standard InChI is InChI=1S/C55H34N5O.Pt/c1-3-16-37(17-4-1)43-22-15-23-44(38-18-5-2-6-19-38)54(43)39-32-40(58-36-59-51-27-12-9-24-48(51)57-55(59)47-21-8-10-25-49(47)58)34-42(33-39)61-41-29-30-46-45-20-7-11-26-50(45)60(52(46)35-41)53-28-13-14-31-56-53;/h1-33,36H;/q-3;. The molecule has 0 aliphatic carbocycles. The summed E-state index contributed by atoms with van der Waals surface area (Å²) < 4.78 is 11.3. The molecular formula is C55H34N5OPt-3. The zero-order valence-corrected chi connectivity index (χ0v) is 35.4. The first-order valence-corrected chi connectivity index (χ1v) is 20.3. The Hall–Kier alpha value is -7.66. The van der Waals surface area contributed by atoms with Crippen molar-refractivity contribution < 1.29 is 25.8 Å². The smallest absolute Gasteiger partial charge is 0.135 e. The second kappa shape index (κ2) is 15.4. The molecule has 0 saturated heterocycles. The molecule has 0 amide bonds. The number of hydrogen-bond acceptors (Lipinski definition) is 4. The van der Waals surface area contributed by atoms with E-state index in [0.29, 0.717) is 11.5 Å². The minimum absolute atomic E-state index is 0. The summed E-state index contributed by atoms with van der Waals surface area (Å²) in [5.74, 6) is 2.83. The van der Waals surface area contributed by atoms with Crippen LogP contribution in [0.3, 0.4) is 0 Å². The van der Waals surface area contributed by atoms with E-state index in [-0.39, 0.29) is 21.1 Å². The Morgan fingerprint density at radius 2 is 1.19 bits per heavy atom. The Labute approximate surface area is 373 Å². The summed E-state index contributed by atoms with van der Waals surface area (Å²) in [6, 6.07) is 74.6. The number of imidazole rings is 1. The van der Waals surface area contributed by atoms with Gasteiger partial charge in [-0.1, -0.05) is 151 Å². The van der Waals surface area contributed by atoms with Gasteiger partial charge in [0.05, 0.1) is 0 Å². The van der Waals surface area contributed by atoms with Crippen LogP contribution in [-0.2, 0) is 21.1 Å². The van der Waals surface area contributed by atoms with Gasteiger partial charge in [-0.05, 0) is 81.3 Å². The van der Waals surface area contributed by atoms with Crippen LogP contribution in [0.1, 0.15) is 0 Å². The van der Waals surface area contributed by atoms with Crippen molar-refractivity contribution in [1.29, 1.82) is 0 Å². The quantitative estimate of drug-likeness (QED) is 0.149. The number of pyridine rings is 1. The monoisotopic (exact) mass is 975 g/mol. The third kappa shape index (κ3) is 6.27. The van der Waals surface area contributed by atoms with Gasteiger partial charge in [0.2, 0.25) is 0 Å². The summed E-state index contributed by atoms with van der Waals surface area (Å²) in [4.78, 5) is 12.0. The van der Waals surface area contributed by atoms with Gasteiger partial charge in [0.25, 0.3) is 0 Å². The molecule has 62 heavy (non-hydrogen) atoms. The molecule has 11 aromatic rings. The van der Waals surface area contributed by atoms with Gasteiger partial charge in [0, 0.05) is 61.3 Å². The van der Waals surface area contributed by atoms with Gasteiger partial charge in [-0.15, -0.1) is 41.3 Å². The Morgan fingerprint density at radius 3 is 1.97 bits per heavy atom. The van der Waals surface area contributed by atoms with E-state index in [2.05, 4.69) is 197 Å². The van der Waals surface area contributed by atoms with Crippen molar-refractivity contribution in [2.75, 3.05) is 4.90 Å². The molecule has 7 heteroatoms. The molecule has 0 bridgehead atoms. The fraction of sp³-hybridized carbons (Fsp3) is 0. The van der Waals surface area contributed by atoms with Crippen LogP contribution < -0.4 is 9.64 Å². The molecule has 6 nitrogen and oxygen atoms in total. The number of hydrogen-bond donors (Lipinski definition) is 0. The van der Waals surface area contributed by atoms with Gasteiger partial charge >= 0.3 is 0 Å². The SMILES string of the molecule is [Pt].[c-]1c(Oc2[c-]c3c(cc2)c2ccccc2n3-c2ccccn2)cc(-c2c(-c3ccccc3)cccc2-c2ccccc2)cc1N1[CH-]n2c(nc3ccccc32)-c2ccccc21. The molecule has 0 atom stereocenters. The summed E-state index contributed by atoms with van der Waals surface area (Å²) >= 11 is 0. The van der Waals surface area contributed by atoms with E-state index < -0.39 is 0 Å². The predicted octanol–water partition coefficient (Wildman–Crippen LogP) is 13.7. The molecule has 1 aliphatic heterocycles. The van der Waals surface area contributed by atoms with Crippen molar-refractivity contribution in [2.45, 2.75) is 0 Å². The zero-order chi connectivity index (χ0) is 40.3. The number of rotatable bonds is 7. The molecular weight excluding hydrogens is 942 g/mol. The number of nitrogens with zero attached hydrogens (tertiary/aromatic N) is 5. The number of aromatic nitrogens is 4. The van der Waals surface area contributed by atoms with Crippen LogP contribution in [0, 0.1) is 18.8 Å². The Kier molecular flexibility index (Phi) is 9.29. The van der Waals surface area contributed by atoms with E-state index >= 15 is 0 Å². The summed E-state index contributed by atoms with van der Waals surface area (Å²) in [6.07, 6.45) is 1.82. The van der Waals surface area contributed by atoms with Gasteiger partial charge in [-0.25, -0.2) is 4.98 Å². The minimum Gasteiger partial charge on any atom is -0.509 e. The van der Waals surface area contributed by atoms with Crippen molar-refractivity contribution in [3.63, 3.8) is 0 Å². The van der Waals surface area contributed by atoms with Crippen LogP contribution in [0.25, 0.3) is 83.4 Å². The molecule has 4 heterocycles. The summed E-state index contributed by atoms with van der Waals surface area (Å²) in [5.41, 5.74) is 13.3. The summed E-state index contributed by atoms with van der Waals surface area (Å²) in [6.45, 7) is 2.12. The van der Waals surface area contributed by atoms with Gasteiger partial charge < -0.3 is 23.8 Å². The Balaban J connectivity index is 0.00000432. The number of para-hydroxylation sites is 4. The topological polar surface area (TPSA) is 48.1 Å². The third-order valence-corrected chi connectivity index (χ3v) is 11.5. The van der Waals surface area contributed by atoms with Crippen molar-refractivity contribution in [1.82, 2.24) is 19.1 Å². The number of ether oxygens (including phenoxy) is 1. The number of benzene rings is 8. The molecule has 3 aromatic heterocycles. The third-order valence-electron chi connectivity index (χ3n) is 11.5. The van der Waals surface area contributed by atoms with Gasteiger partial charge in [-0.2, -0.15) is 6.07 Å². The average molecular weight is 976 g/mol. The maximum absolute atomic E-state index is 6.97. The van der Waals surface area contributed by atoms with Crippen molar-refractivity contribution >= 4 is 44.2 Å². The van der Waals surface area contributed by atoms with Crippen LogP contribution >= 0.6 is 0 Å². The van der Waals surface area contributed by atoms with E-state index in [1.54, 1.807) is 0 Å². The minimum atomic E-state index is 0. The van der Waals surface area contributed by atoms with Gasteiger partial charge in [-0.3, -0.25) is 0 Å². The van der Waals surface area contributed by atoms with Crippen LogP contribution in [0.15, 0.2) is 200 Å². The molecule has 0 saturated carbocycles. The molecule has 298 valence electrons. The van der Waals surface area contributed by atoms with Gasteiger partial charge in [0.1, 0.15) is 5.82 Å². The van der Waals surface area contributed by atoms with Crippen LogP contribution in [0.5, 0.6) is 11.5 Å². The molecule has 0 spiro atoms. The van der Waals surface area contributed by atoms with E-state index in [4.69, 9.17) is 14.7 Å². The van der Waals surface area contributed by atoms with Crippen molar-refractivity contribution in [2.24, 2.45) is 0 Å². The summed E-state index contributed by atoms with van der Waals surface area (Å²) in [7, 11) is 0. The molecule has 8 aromatic carbocycles. The fourth-order valence-corrected chi connectivity index (χ4v) is 8.81. The average Bonchev–Trinajstić information content (AvgIpc) is 3.87. The van der Waals surface area contributed by atoms with E-state index in [1.807, 2.05) is 36.5 Å². The predicted molar refractivity (Wildman–Crippen MR) is 246 cm³/mol. The van der Waals surface area contributed by atoms with Crippen molar-refractivity contribution in [3.8, 4) is 62.1 Å². The Bertz CT molecular complexity index is 3380. The molecule has 12 rings (SSSR count). The van der Waals surface area contributed by atoms with Crippen LogP contribution in [0.4, 0.5) is 11.4 Å². The molecule has 0 unspecified atom stereocenters. The van der Waals surface area contributed by atoms with Crippen LogP contribution in [0.2, 0.25) is 0 Å². The number of fused-ring (bicyclic) bond motifs is 8. The van der Waals surface area contributed by atoms with E-state index in [1.165, 1.54) is 0 Å². The Morgan fingerprint density at radius 1 is 0.516 bits per heavy atom. The molecule has 0 N–H and O–H groups in total. The van der Waals surface area contributed by atoms with E-state index in [0.717, 1.165) is 94.8 Å². The first kappa shape index (κ1) is 37.3. The van der Waals surface area contributed by atoms with Crippen LogP contribution in [-0.4, -0.2) is 19.1 Å². The normalized spacial score (nSPS) is 11.8. The zero-order valence-electron chi connectivity index (χ0n) is 33.1. The summed E-state index contributed by atoms with van der Waals surface area (Å²) in [5, 5.41) is 2.19. The first-order valence-electron chi connectivity index (χ1n) is 20.3.